The van der Waals surface area contributed by atoms with Crippen LogP contribution in [0.1, 0.15) is 31.6 Å². The maximum Gasteiger partial charge on any atom is 0.123 e. The molecular formula is C13H17FOS2. The molecule has 1 nitrogen and oxygen atoms in total. The van der Waals surface area contributed by atoms with E-state index in [1.165, 1.54) is 12.1 Å². The van der Waals surface area contributed by atoms with Crippen molar-refractivity contribution in [2.24, 2.45) is 0 Å². The predicted molar refractivity (Wildman–Crippen MR) is 73.8 cm³/mol. The van der Waals surface area contributed by atoms with Crippen LogP contribution in [0.5, 0.6) is 0 Å². The lowest BCUT2D eigenvalue weighted by molar-refractivity contribution is 0.0431. The van der Waals surface area contributed by atoms with Crippen molar-refractivity contribution < 1.29 is 9.13 Å². The van der Waals surface area contributed by atoms with Crippen LogP contribution in [0.25, 0.3) is 0 Å². The first-order valence-corrected chi connectivity index (χ1v) is 7.97. The Kier molecular flexibility index (Phi) is 4.06. The van der Waals surface area contributed by atoms with E-state index in [1.54, 1.807) is 0 Å². The van der Waals surface area contributed by atoms with Crippen molar-refractivity contribution >= 4 is 21.6 Å². The molecular weight excluding hydrogens is 255 g/mol. The molecule has 1 heterocycles. The summed E-state index contributed by atoms with van der Waals surface area (Å²) in [6.07, 6.45) is 0.174. The fourth-order valence-corrected chi connectivity index (χ4v) is 5.49. The number of halogens is 1. The highest BCUT2D eigenvalue weighted by Gasteiger charge is 2.45. The van der Waals surface area contributed by atoms with Gasteiger partial charge in [0.1, 0.15) is 5.82 Å². The molecule has 1 fully saturated rings. The maximum absolute atomic E-state index is 12.9. The summed E-state index contributed by atoms with van der Waals surface area (Å²) in [4.78, 5) is 0. The molecule has 1 aromatic rings. The highest BCUT2D eigenvalue weighted by Crippen LogP contribution is 2.59. The van der Waals surface area contributed by atoms with Crippen LogP contribution < -0.4 is 0 Å². The summed E-state index contributed by atoms with van der Waals surface area (Å²) in [5, 5.41) is 0.288. The third kappa shape index (κ3) is 2.80. The molecule has 2 rings (SSSR count). The van der Waals surface area contributed by atoms with E-state index in [2.05, 4.69) is 13.8 Å². The largest absolute Gasteiger partial charge is 0.376 e. The van der Waals surface area contributed by atoms with E-state index < -0.39 is 0 Å². The van der Waals surface area contributed by atoms with Gasteiger partial charge in [-0.1, -0.05) is 33.7 Å². The van der Waals surface area contributed by atoms with Crippen LogP contribution in [0.2, 0.25) is 0 Å². The van der Waals surface area contributed by atoms with Gasteiger partial charge in [-0.25, -0.2) is 4.39 Å². The minimum atomic E-state index is -0.184. The monoisotopic (exact) mass is 272 g/mol. The van der Waals surface area contributed by atoms with Crippen LogP contribution in [0.3, 0.4) is 0 Å². The molecule has 0 unspecified atom stereocenters. The summed E-state index contributed by atoms with van der Waals surface area (Å²) in [5.74, 6) is -0.184. The van der Waals surface area contributed by atoms with Crippen LogP contribution >= 0.6 is 21.6 Å². The van der Waals surface area contributed by atoms with Crippen molar-refractivity contribution in [3.8, 4) is 0 Å². The molecule has 0 spiro atoms. The molecule has 17 heavy (non-hydrogen) atoms. The van der Waals surface area contributed by atoms with E-state index in [0.717, 1.165) is 5.56 Å². The number of hydrogen-bond acceptors (Lipinski definition) is 3. The zero-order valence-corrected chi connectivity index (χ0v) is 11.9. The molecule has 1 aromatic carbocycles. The Labute approximate surface area is 110 Å². The molecule has 0 radical (unpaired) electrons. The van der Waals surface area contributed by atoms with Gasteiger partial charge >= 0.3 is 0 Å². The highest BCUT2D eigenvalue weighted by atomic mass is 33.1. The quantitative estimate of drug-likeness (QED) is 0.753. The number of ether oxygens (including phenoxy) is 1. The van der Waals surface area contributed by atoms with E-state index in [4.69, 9.17) is 4.74 Å². The van der Waals surface area contributed by atoms with E-state index in [-0.39, 0.29) is 21.9 Å². The van der Waals surface area contributed by atoms with Gasteiger partial charge in [-0.15, -0.1) is 0 Å². The predicted octanol–water partition coefficient (Wildman–Crippen LogP) is 4.45. The van der Waals surface area contributed by atoms with Crippen LogP contribution in [0, 0.1) is 5.82 Å². The average molecular weight is 272 g/mol. The third-order valence-electron chi connectivity index (χ3n) is 2.87. The van der Waals surface area contributed by atoms with Gasteiger partial charge in [0.2, 0.25) is 0 Å². The molecule has 0 aromatic heterocycles. The molecule has 0 aliphatic carbocycles. The number of hydrogen-bond donors (Lipinski definition) is 0. The maximum atomic E-state index is 12.9. The first-order valence-electron chi connectivity index (χ1n) is 5.76. The summed E-state index contributed by atoms with van der Waals surface area (Å²) in [6.45, 7) is 7.14. The topological polar surface area (TPSA) is 9.23 Å². The fraction of sp³-hybridized carbons (Fsp3) is 0.538. The average Bonchev–Trinajstić information content (AvgIpc) is 2.57. The number of benzene rings is 1. The van der Waals surface area contributed by atoms with Gasteiger partial charge in [-0.3, -0.25) is 0 Å². The van der Waals surface area contributed by atoms with Crippen LogP contribution in [0.4, 0.5) is 4.39 Å². The SMILES string of the molecule is CCO[C@H]1[C@@H](c2ccc(F)cc2)SSC1(C)C. The molecule has 0 bridgehead atoms. The molecule has 4 heteroatoms. The smallest absolute Gasteiger partial charge is 0.123 e. The Morgan fingerprint density at radius 3 is 2.53 bits per heavy atom. The first kappa shape index (κ1) is 13.2. The summed E-state index contributed by atoms with van der Waals surface area (Å²) in [7, 11) is 3.68. The van der Waals surface area contributed by atoms with Gasteiger partial charge in [-0.05, 0) is 38.5 Å². The third-order valence-corrected chi connectivity index (χ3v) is 6.56. The summed E-state index contributed by atoms with van der Waals surface area (Å²) >= 11 is 0. The molecule has 0 amide bonds. The Morgan fingerprint density at radius 2 is 1.94 bits per heavy atom. The summed E-state index contributed by atoms with van der Waals surface area (Å²) in [6, 6.07) is 6.77. The van der Waals surface area contributed by atoms with Crippen molar-refractivity contribution in [2.45, 2.75) is 36.9 Å². The lowest BCUT2D eigenvalue weighted by Gasteiger charge is -2.28. The summed E-state index contributed by atoms with van der Waals surface area (Å²) < 4.78 is 18.9. The van der Waals surface area contributed by atoms with Crippen molar-refractivity contribution in [3.05, 3.63) is 35.6 Å². The molecule has 0 saturated carbocycles. The van der Waals surface area contributed by atoms with Crippen molar-refractivity contribution in [1.29, 1.82) is 0 Å². The van der Waals surface area contributed by atoms with Gasteiger partial charge in [0.15, 0.2) is 0 Å². The van der Waals surface area contributed by atoms with E-state index in [0.29, 0.717) is 6.61 Å². The zero-order valence-electron chi connectivity index (χ0n) is 10.3. The molecule has 94 valence electrons. The molecule has 1 saturated heterocycles. The van der Waals surface area contributed by atoms with Crippen LogP contribution in [-0.2, 0) is 4.74 Å². The molecule has 2 atom stereocenters. The van der Waals surface area contributed by atoms with E-state index in [1.807, 2.05) is 40.6 Å². The van der Waals surface area contributed by atoms with Gasteiger partial charge in [0.25, 0.3) is 0 Å². The van der Waals surface area contributed by atoms with Gasteiger partial charge in [0, 0.05) is 11.4 Å². The second-order valence-electron chi connectivity index (χ2n) is 4.63. The fourth-order valence-electron chi connectivity index (χ4n) is 1.99. The van der Waals surface area contributed by atoms with Crippen LogP contribution in [-0.4, -0.2) is 17.5 Å². The van der Waals surface area contributed by atoms with Crippen LogP contribution in [0.15, 0.2) is 24.3 Å². The first-order chi connectivity index (χ1) is 8.04. The van der Waals surface area contributed by atoms with E-state index >= 15 is 0 Å². The lowest BCUT2D eigenvalue weighted by Crippen LogP contribution is -2.34. The standard InChI is InChI=1S/C13H17FOS2/c1-4-15-12-11(16-17-13(12,2)3)9-5-7-10(14)8-6-9/h5-8,11-12H,4H2,1-3H3/t11-,12+/m1/s1. The molecule has 1 aliphatic rings. The van der Waals surface area contributed by atoms with Gasteiger partial charge in [-0.2, -0.15) is 0 Å². The van der Waals surface area contributed by atoms with Gasteiger partial charge < -0.3 is 4.74 Å². The minimum absolute atomic E-state index is 0.0970. The Bertz CT molecular complexity index is 378. The van der Waals surface area contributed by atoms with Crippen molar-refractivity contribution in [1.82, 2.24) is 0 Å². The van der Waals surface area contributed by atoms with E-state index in [9.17, 15) is 4.39 Å². The minimum Gasteiger partial charge on any atom is -0.376 e. The highest BCUT2D eigenvalue weighted by molar-refractivity contribution is 8.77. The van der Waals surface area contributed by atoms with Crippen molar-refractivity contribution in [2.75, 3.05) is 6.61 Å². The Hall–Kier alpha value is -0.190. The zero-order chi connectivity index (χ0) is 12.5. The second-order valence-corrected chi connectivity index (χ2v) is 7.63. The Balaban J connectivity index is 2.23. The van der Waals surface area contributed by atoms with Crippen molar-refractivity contribution in [3.63, 3.8) is 0 Å². The lowest BCUT2D eigenvalue weighted by atomic mass is 9.97. The molecule has 1 aliphatic heterocycles. The Morgan fingerprint density at radius 1 is 1.29 bits per heavy atom. The normalized spacial score (nSPS) is 27.3. The summed E-state index contributed by atoms with van der Waals surface area (Å²) in [5.41, 5.74) is 1.15. The molecule has 0 N–H and O–H groups in total. The number of rotatable bonds is 3. The second kappa shape index (κ2) is 5.21. The van der Waals surface area contributed by atoms with Gasteiger partial charge in [0.05, 0.1) is 11.4 Å².